The van der Waals surface area contributed by atoms with Gasteiger partial charge in [0.2, 0.25) is 11.8 Å². The maximum atomic E-state index is 12.6. The zero-order valence-corrected chi connectivity index (χ0v) is 13.3. The number of carbonyl (C=O) groups is 2. The number of halogens is 1. The zero-order chi connectivity index (χ0) is 16.4. The van der Waals surface area contributed by atoms with Crippen molar-refractivity contribution in [3.8, 4) is 11.5 Å². The summed E-state index contributed by atoms with van der Waals surface area (Å²) in [6.07, 6.45) is 2.01. The van der Waals surface area contributed by atoms with Gasteiger partial charge in [-0.3, -0.25) is 9.59 Å². The van der Waals surface area contributed by atoms with Crippen molar-refractivity contribution in [2.24, 2.45) is 0 Å². The number of hydrogen-bond donors (Lipinski definition) is 1. The van der Waals surface area contributed by atoms with E-state index in [1.54, 1.807) is 25.1 Å². The van der Waals surface area contributed by atoms with Crippen LogP contribution in [0.25, 0.3) is 11.5 Å². The minimum absolute atomic E-state index is 0.161. The fraction of sp³-hybridized carbons (Fsp3) is 0.312. The van der Waals surface area contributed by atoms with Crippen molar-refractivity contribution >= 4 is 23.4 Å². The smallest absolute Gasteiger partial charge is 0.276 e. The summed E-state index contributed by atoms with van der Waals surface area (Å²) in [4.78, 5) is 30.2. The molecule has 1 N–H and O–H groups in total. The van der Waals surface area contributed by atoms with Gasteiger partial charge in [0.05, 0.1) is 10.6 Å². The summed E-state index contributed by atoms with van der Waals surface area (Å²) in [5.74, 6) is -0.201. The molecule has 3 rings (SSSR count). The van der Waals surface area contributed by atoms with Crippen molar-refractivity contribution in [2.75, 3.05) is 13.1 Å². The highest BCUT2D eigenvalue weighted by atomic mass is 35.5. The molecule has 2 heterocycles. The second kappa shape index (κ2) is 6.42. The van der Waals surface area contributed by atoms with E-state index in [1.165, 1.54) is 11.2 Å². The number of benzene rings is 1. The minimum atomic E-state index is -0.537. The number of nitrogens with zero attached hydrogens (tertiary/aromatic N) is 2. The second-order valence-corrected chi connectivity index (χ2v) is 5.74. The summed E-state index contributed by atoms with van der Waals surface area (Å²) in [5, 5.41) is 3.27. The Kier molecular flexibility index (Phi) is 4.34. The molecule has 1 fully saturated rings. The first-order valence-electron chi connectivity index (χ1n) is 7.37. The van der Waals surface area contributed by atoms with Gasteiger partial charge in [-0.1, -0.05) is 23.7 Å². The van der Waals surface area contributed by atoms with Crippen molar-refractivity contribution in [3.63, 3.8) is 0 Å². The fourth-order valence-electron chi connectivity index (χ4n) is 2.50. The van der Waals surface area contributed by atoms with Crippen LogP contribution in [0.1, 0.15) is 23.8 Å². The van der Waals surface area contributed by atoms with Gasteiger partial charge in [-0.15, -0.1) is 0 Å². The molecule has 2 amide bonds. The van der Waals surface area contributed by atoms with Crippen molar-refractivity contribution in [1.82, 2.24) is 15.2 Å². The molecule has 120 valence electrons. The largest absolute Gasteiger partial charge is 0.444 e. The highest BCUT2D eigenvalue weighted by Gasteiger charge is 2.30. The van der Waals surface area contributed by atoms with Gasteiger partial charge in [0, 0.05) is 13.1 Å². The zero-order valence-electron chi connectivity index (χ0n) is 12.6. The molecule has 0 unspecified atom stereocenters. The molecule has 1 saturated heterocycles. The molecule has 1 aromatic carbocycles. The van der Waals surface area contributed by atoms with Gasteiger partial charge in [0.1, 0.15) is 12.3 Å². The molecule has 1 aliphatic rings. The molecule has 1 aromatic heterocycles. The second-order valence-electron chi connectivity index (χ2n) is 5.34. The first kappa shape index (κ1) is 15.6. The monoisotopic (exact) mass is 333 g/mol. The minimum Gasteiger partial charge on any atom is -0.444 e. The van der Waals surface area contributed by atoms with E-state index >= 15 is 0 Å². The lowest BCUT2D eigenvalue weighted by atomic mass is 10.2. The summed E-state index contributed by atoms with van der Waals surface area (Å²) in [7, 11) is 0. The van der Waals surface area contributed by atoms with Crippen LogP contribution in [0, 0.1) is 0 Å². The van der Waals surface area contributed by atoms with E-state index in [0.717, 1.165) is 0 Å². The van der Waals surface area contributed by atoms with Crippen LogP contribution in [0.5, 0.6) is 0 Å². The number of hydrogen-bond acceptors (Lipinski definition) is 4. The van der Waals surface area contributed by atoms with Crippen molar-refractivity contribution in [3.05, 3.63) is 41.2 Å². The van der Waals surface area contributed by atoms with Gasteiger partial charge < -0.3 is 14.6 Å². The predicted octanol–water partition coefficient (Wildman–Crippen LogP) is 2.35. The third kappa shape index (κ3) is 3.07. The highest BCUT2D eigenvalue weighted by molar-refractivity contribution is 6.33. The maximum Gasteiger partial charge on any atom is 0.276 e. The van der Waals surface area contributed by atoms with E-state index in [1.807, 2.05) is 6.07 Å². The van der Waals surface area contributed by atoms with Crippen LogP contribution in [-0.4, -0.2) is 40.8 Å². The molecular weight excluding hydrogens is 318 g/mol. The maximum absolute atomic E-state index is 12.6. The third-order valence-electron chi connectivity index (χ3n) is 3.81. The van der Waals surface area contributed by atoms with E-state index in [2.05, 4.69) is 10.3 Å². The molecule has 0 radical (unpaired) electrons. The number of carbonyl (C=O) groups excluding carboxylic acids is 2. The normalized spacial score (nSPS) is 18.4. The van der Waals surface area contributed by atoms with Crippen molar-refractivity contribution < 1.29 is 14.0 Å². The van der Waals surface area contributed by atoms with Crippen LogP contribution in [0.3, 0.4) is 0 Å². The molecule has 7 heteroatoms. The lowest BCUT2D eigenvalue weighted by Crippen LogP contribution is -2.45. The predicted molar refractivity (Wildman–Crippen MR) is 85.1 cm³/mol. The molecule has 23 heavy (non-hydrogen) atoms. The van der Waals surface area contributed by atoms with E-state index < -0.39 is 6.04 Å². The number of oxazole rings is 1. The Labute approximate surface area is 138 Å². The average Bonchev–Trinajstić information content (AvgIpc) is 2.97. The van der Waals surface area contributed by atoms with E-state index in [0.29, 0.717) is 30.1 Å². The average molecular weight is 334 g/mol. The third-order valence-corrected chi connectivity index (χ3v) is 4.14. The van der Waals surface area contributed by atoms with Crippen molar-refractivity contribution in [2.45, 2.75) is 19.4 Å². The molecule has 0 saturated carbocycles. The molecular formula is C16H16ClN3O3. The topological polar surface area (TPSA) is 75.4 Å². The number of rotatable bonds is 2. The molecule has 0 aliphatic carbocycles. The first-order valence-corrected chi connectivity index (χ1v) is 7.75. The van der Waals surface area contributed by atoms with E-state index in [-0.39, 0.29) is 23.4 Å². The Hall–Kier alpha value is -2.34. The molecule has 0 spiro atoms. The van der Waals surface area contributed by atoms with Gasteiger partial charge in [0.25, 0.3) is 5.91 Å². The van der Waals surface area contributed by atoms with Gasteiger partial charge in [-0.2, -0.15) is 0 Å². The van der Waals surface area contributed by atoms with Crippen molar-refractivity contribution in [1.29, 1.82) is 0 Å². The standard InChI is InChI=1S/C16H16ClN3O3/c1-10-14(21)18-7-4-8-20(10)16(22)13-9-23-15(19-13)11-5-2-3-6-12(11)17/h2-3,5-6,9-10H,4,7-8H2,1H3,(H,18,21)/t10-/m0/s1. The van der Waals surface area contributed by atoms with E-state index in [9.17, 15) is 9.59 Å². The summed E-state index contributed by atoms with van der Waals surface area (Å²) in [5.41, 5.74) is 0.788. The molecule has 1 atom stereocenters. The van der Waals surface area contributed by atoms with Gasteiger partial charge in [-0.05, 0) is 25.5 Å². The molecule has 6 nitrogen and oxygen atoms in total. The Morgan fingerprint density at radius 2 is 2.22 bits per heavy atom. The summed E-state index contributed by atoms with van der Waals surface area (Å²) in [6.45, 7) is 2.76. The summed E-state index contributed by atoms with van der Waals surface area (Å²) >= 11 is 6.11. The van der Waals surface area contributed by atoms with Crippen LogP contribution in [0.4, 0.5) is 0 Å². The SMILES string of the molecule is C[C@H]1C(=O)NCCCN1C(=O)c1coc(-c2ccccc2Cl)n1. The Morgan fingerprint density at radius 3 is 3.00 bits per heavy atom. The van der Waals surface area contributed by atoms with Crippen LogP contribution in [0.15, 0.2) is 34.9 Å². The van der Waals surface area contributed by atoms with Crippen LogP contribution < -0.4 is 5.32 Å². The molecule has 0 bridgehead atoms. The van der Waals surface area contributed by atoms with E-state index in [4.69, 9.17) is 16.0 Å². The Bertz CT molecular complexity index is 744. The number of aromatic nitrogens is 1. The van der Waals surface area contributed by atoms with Crippen LogP contribution in [0.2, 0.25) is 5.02 Å². The van der Waals surface area contributed by atoms with Gasteiger partial charge in [-0.25, -0.2) is 4.98 Å². The van der Waals surface area contributed by atoms with Gasteiger partial charge >= 0.3 is 0 Å². The van der Waals surface area contributed by atoms with Gasteiger partial charge in [0.15, 0.2) is 5.69 Å². The summed E-state index contributed by atoms with van der Waals surface area (Å²) < 4.78 is 5.39. The molecule has 2 aromatic rings. The number of nitrogens with one attached hydrogen (secondary N) is 1. The quantitative estimate of drug-likeness (QED) is 0.915. The molecule has 1 aliphatic heterocycles. The number of amides is 2. The fourth-order valence-corrected chi connectivity index (χ4v) is 2.72. The highest BCUT2D eigenvalue weighted by Crippen LogP contribution is 2.27. The lowest BCUT2D eigenvalue weighted by molar-refractivity contribution is -0.124. The van der Waals surface area contributed by atoms with Crippen LogP contribution >= 0.6 is 11.6 Å². The first-order chi connectivity index (χ1) is 11.1. The summed E-state index contributed by atoms with van der Waals surface area (Å²) in [6, 6.07) is 6.58. The Morgan fingerprint density at radius 1 is 1.43 bits per heavy atom. The van der Waals surface area contributed by atoms with Crippen LogP contribution in [-0.2, 0) is 4.79 Å². The Balaban J connectivity index is 1.86. The lowest BCUT2D eigenvalue weighted by Gasteiger charge is -2.24.